The van der Waals surface area contributed by atoms with Gasteiger partial charge in [-0.25, -0.2) is 9.50 Å². The number of nitrogens with one attached hydrogen (secondary N) is 1. The molecule has 0 fully saturated rings. The van der Waals surface area contributed by atoms with Crippen molar-refractivity contribution in [2.75, 3.05) is 6.54 Å². The van der Waals surface area contributed by atoms with Gasteiger partial charge in [0.1, 0.15) is 6.33 Å². The van der Waals surface area contributed by atoms with Gasteiger partial charge in [-0.1, -0.05) is 35.9 Å². The second-order valence-corrected chi connectivity index (χ2v) is 6.85. The SMILES string of the molecule is O=C(NCCCc1cnc2ncnn2c1)c1ccc(-c2cccc(Cl)c2)cc1. The molecule has 2 aromatic carbocycles. The highest BCUT2D eigenvalue weighted by Crippen LogP contribution is 2.23. The number of hydrogen-bond donors (Lipinski definition) is 1. The van der Waals surface area contributed by atoms with Gasteiger partial charge in [-0.05, 0) is 53.8 Å². The number of halogens is 1. The molecule has 0 aliphatic rings. The average molecular weight is 392 g/mol. The van der Waals surface area contributed by atoms with E-state index in [1.807, 2.05) is 54.7 Å². The molecule has 0 saturated heterocycles. The fraction of sp³-hybridized carbons (Fsp3) is 0.143. The van der Waals surface area contributed by atoms with Gasteiger partial charge in [0.05, 0.1) is 0 Å². The van der Waals surface area contributed by atoms with Crippen LogP contribution >= 0.6 is 11.6 Å². The summed E-state index contributed by atoms with van der Waals surface area (Å²) in [5, 5.41) is 7.72. The normalized spacial score (nSPS) is 10.9. The zero-order chi connectivity index (χ0) is 19.3. The minimum absolute atomic E-state index is 0.0810. The van der Waals surface area contributed by atoms with Gasteiger partial charge in [0, 0.05) is 29.5 Å². The van der Waals surface area contributed by atoms with Crippen LogP contribution in [0.1, 0.15) is 22.3 Å². The van der Waals surface area contributed by atoms with E-state index in [2.05, 4.69) is 20.4 Å². The number of aromatic nitrogens is 4. The van der Waals surface area contributed by atoms with E-state index in [0.29, 0.717) is 22.9 Å². The number of hydrogen-bond acceptors (Lipinski definition) is 4. The zero-order valence-corrected chi connectivity index (χ0v) is 15.8. The van der Waals surface area contributed by atoms with Gasteiger partial charge < -0.3 is 5.32 Å². The van der Waals surface area contributed by atoms with Crippen LogP contribution in [0.4, 0.5) is 0 Å². The highest BCUT2D eigenvalue weighted by Gasteiger charge is 2.06. The Morgan fingerprint density at radius 3 is 2.75 bits per heavy atom. The number of carbonyl (C=O) groups excluding carboxylic acids is 1. The minimum atomic E-state index is -0.0810. The maximum atomic E-state index is 12.3. The molecule has 4 aromatic rings. The Hall–Kier alpha value is -3.25. The molecule has 4 rings (SSSR count). The van der Waals surface area contributed by atoms with Gasteiger partial charge in [-0.3, -0.25) is 4.79 Å². The molecule has 0 bridgehead atoms. The van der Waals surface area contributed by atoms with Crippen molar-refractivity contribution in [2.24, 2.45) is 0 Å². The predicted octanol–water partition coefficient (Wildman–Crippen LogP) is 3.81. The number of nitrogens with zero attached hydrogens (tertiary/aromatic N) is 4. The molecule has 1 N–H and O–H groups in total. The third kappa shape index (κ3) is 4.18. The Morgan fingerprint density at radius 1 is 1.07 bits per heavy atom. The molecule has 6 nitrogen and oxygen atoms in total. The summed E-state index contributed by atoms with van der Waals surface area (Å²) in [6.07, 6.45) is 6.79. The molecule has 28 heavy (non-hydrogen) atoms. The van der Waals surface area contributed by atoms with Crippen molar-refractivity contribution in [1.29, 1.82) is 0 Å². The van der Waals surface area contributed by atoms with Crippen LogP contribution < -0.4 is 5.32 Å². The largest absolute Gasteiger partial charge is 0.352 e. The lowest BCUT2D eigenvalue weighted by molar-refractivity contribution is 0.0953. The first-order valence-electron chi connectivity index (χ1n) is 8.97. The van der Waals surface area contributed by atoms with Crippen LogP contribution in [-0.4, -0.2) is 32.0 Å². The molecular formula is C21H18ClN5O. The van der Waals surface area contributed by atoms with Crippen molar-refractivity contribution in [3.63, 3.8) is 0 Å². The summed E-state index contributed by atoms with van der Waals surface area (Å²) in [5.41, 5.74) is 3.74. The number of benzene rings is 2. The number of carbonyl (C=O) groups is 1. The van der Waals surface area contributed by atoms with E-state index in [1.165, 1.54) is 6.33 Å². The smallest absolute Gasteiger partial charge is 0.252 e. The van der Waals surface area contributed by atoms with Gasteiger partial charge in [-0.2, -0.15) is 10.1 Å². The quantitative estimate of drug-likeness (QED) is 0.507. The molecule has 2 heterocycles. The van der Waals surface area contributed by atoms with Crippen LogP contribution in [0.3, 0.4) is 0 Å². The first-order valence-corrected chi connectivity index (χ1v) is 9.35. The molecular weight excluding hydrogens is 374 g/mol. The van der Waals surface area contributed by atoms with Gasteiger partial charge >= 0.3 is 0 Å². The topological polar surface area (TPSA) is 72.2 Å². The van der Waals surface area contributed by atoms with E-state index in [9.17, 15) is 4.79 Å². The summed E-state index contributed by atoms with van der Waals surface area (Å²) < 4.78 is 1.65. The van der Waals surface area contributed by atoms with E-state index < -0.39 is 0 Å². The van der Waals surface area contributed by atoms with Crippen molar-refractivity contribution >= 4 is 23.3 Å². The average Bonchev–Trinajstić information content (AvgIpc) is 3.19. The van der Waals surface area contributed by atoms with E-state index in [-0.39, 0.29) is 5.91 Å². The molecule has 0 saturated carbocycles. The molecule has 0 radical (unpaired) electrons. The van der Waals surface area contributed by atoms with Gasteiger partial charge in [0.15, 0.2) is 0 Å². The fourth-order valence-electron chi connectivity index (χ4n) is 2.97. The fourth-order valence-corrected chi connectivity index (χ4v) is 3.16. The summed E-state index contributed by atoms with van der Waals surface area (Å²) in [6, 6.07) is 15.2. The van der Waals surface area contributed by atoms with E-state index in [0.717, 1.165) is 29.5 Å². The number of fused-ring (bicyclic) bond motifs is 1. The first kappa shape index (κ1) is 18.1. The molecule has 0 atom stereocenters. The van der Waals surface area contributed by atoms with Crippen LogP contribution in [0.2, 0.25) is 5.02 Å². The van der Waals surface area contributed by atoms with Crippen LogP contribution in [0.5, 0.6) is 0 Å². The van der Waals surface area contributed by atoms with Crippen molar-refractivity contribution in [3.05, 3.63) is 83.4 Å². The molecule has 2 aromatic heterocycles. The number of rotatable bonds is 6. The predicted molar refractivity (Wildman–Crippen MR) is 108 cm³/mol. The lowest BCUT2D eigenvalue weighted by atomic mass is 10.0. The Balaban J connectivity index is 1.29. The maximum Gasteiger partial charge on any atom is 0.252 e. The van der Waals surface area contributed by atoms with E-state index in [1.54, 1.807) is 10.7 Å². The van der Waals surface area contributed by atoms with Crippen LogP contribution in [0.25, 0.3) is 16.9 Å². The van der Waals surface area contributed by atoms with E-state index in [4.69, 9.17) is 11.6 Å². The minimum Gasteiger partial charge on any atom is -0.352 e. The molecule has 140 valence electrons. The third-order valence-electron chi connectivity index (χ3n) is 4.42. The van der Waals surface area contributed by atoms with Crippen LogP contribution in [-0.2, 0) is 6.42 Å². The number of amides is 1. The molecule has 1 amide bonds. The Labute approximate surface area is 167 Å². The van der Waals surface area contributed by atoms with E-state index >= 15 is 0 Å². The van der Waals surface area contributed by atoms with Gasteiger partial charge in [0.2, 0.25) is 0 Å². The summed E-state index contributed by atoms with van der Waals surface area (Å²) in [5.74, 6) is 0.501. The summed E-state index contributed by atoms with van der Waals surface area (Å²) in [7, 11) is 0. The number of aryl methyl sites for hydroxylation is 1. The molecule has 7 heteroatoms. The third-order valence-corrected chi connectivity index (χ3v) is 4.66. The molecule has 0 aliphatic heterocycles. The van der Waals surface area contributed by atoms with Crippen molar-refractivity contribution < 1.29 is 4.79 Å². The van der Waals surface area contributed by atoms with Crippen molar-refractivity contribution in [1.82, 2.24) is 24.9 Å². The second kappa shape index (κ2) is 8.19. The lowest BCUT2D eigenvalue weighted by Gasteiger charge is -2.07. The van der Waals surface area contributed by atoms with Gasteiger partial charge in [0.25, 0.3) is 11.7 Å². The molecule has 0 unspecified atom stereocenters. The van der Waals surface area contributed by atoms with Crippen molar-refractivity contribution in [2.45, 2.75) is 12.8 Å². The highest BCUT2D eigenvalue weighted by molar-refractivity contribution is 6.30. The summed E-state index contributed by atoms with van der Waals surface area (Å²) in [6.45, 7) is 0.588. The molecule has 0 aliphatic carbocycles. The van der Waals surface area contributed by atoms with Crippen LogP contribution in [0, 0.1) is 0 Å². The Bertz CT molecular complexity index is 1110. The first-order chi connectivity index (χ1) is 13.7. The highest BCUT2D eigenvalue weighted by atomic mass is 35.5. The van der Waals surface area contributed by atoms with Crippen molar-refractivity contribution in [3.8, 4) is 11.1 Å². The van der Waals surface area contributed by atoms with Crippen LogP contribution in [0.15, 0.2) is 67.3 Å². The molecule has 0 spiro atoms. The zero-order valence-electron chi connectivity index (χ0n) is 15.0. The van der Waals surface area contributed by atoms with Gasteiger partial charge in [-0.15, -0.1) is 0 Å². The Morgan fingerprint density at radius 2 is 1.93 bits per heavy atom. The monoisotopic (exact) mass is 391 g/mol. The standard InChI is InChI=1S/C21H18ClN5O/c22-19-5-1-4-18(11-19)16-6-8-17(9-7-16)20(28)23-10-2-3-15-12-24-21-25-14-26-27(21)13-15/h1,4-9,11-14H,2-3,10H2,(H,23,28). The lowest BCUT2D eigenvalue weighted by Crippen LogP contribution is -2.24. The summed E-state index contributed by atoms with van der Waals surface area (Å²) in [4.78, 5) is 20.6. The Kier molecular flexibility index (Phi) is 5.30. The maximum absolute atomic E-state index is 12.3. The second-order valence-electron chi connectivity index (χ2n) is 6.41. The summed E-state index contributed by atoms with van der Waals surface area (Å²) >= 11 is 6.04.